The van der Waals surface area contributed by atoms with Crippen LogP contribution in [0.2, 0.25) is 0 Å². The zero-order valence-corrected chi connectivity index (χ0v) is 12.6. The second-order valence-corrected chi connectivity index (χ2v) is 5.16. The zero-order valence-electron chi connectivity index (χ0n) is 12.6. The molecule has 2 amide bonds. The van der Waals surface area contributed by atoms with Crippen molar-refractivity contribution >= 4 is 6.03 Å². The molecule has 1 rings (SSSR count). The molecule has 0 saturated heterocycles. The number of carbonyl (C=O) groups is 1. The minimum absolute atomic E-state index is 0.00818. The van der Waals surface area contributed by atoms with E-state index in [2.05, 4.69) is 10.6 Å². The molecule has 21 heavy (non-hydrogen) atoms. The summed E-state index contributed by atoms with van der Waals surface area (Å²) in [4.78, 5) is 11.7. The molecule has 5 nitrogen and oxygen atoms in total. The molecule has 0 bridgehead atoms. The number of hydrogen-bond donors (Lipinski definition) is 3. The van der Waals surface area contributed by atoms with Gasteiger partial charge in [-0.25, -0.2) is 9.18 Å². The highest BCUT2D eigenvalue weighted by molar-refractivity contribution is 5.74. The molecule has 3 unspecified atom stereocenters. The van der Waals surface area contributed by atoms with E-state index in [9.17, 15) is 9.18 Å². The highest BCUT2D eigenvalue weighted by atomic mass is 19.1. The van der Waals surface area contributed by atoms with E-state index in [1.165, 1.54) is 12.1 Å². The van der Waals surface area contributed by atoms with E-state index >= 15 is 0 Å². The monoisotopic (exact) mass is 298 g/mol. The fourth-order valence-corrected chi connectivity index (χ4v) is 1.59. The van der Waals surface area contributed by atoms with Crippen molar-refractivity contribution in [3.8, 4) is 5.75 Å². The molecular formula is C15H23FN2O3. The Balaban J connectivity index is 2.34. The highest BCUT2D eigenvalue weighted by Crippen LogP contribution is 2.16. The number of halogens is 1. The SMILES string of the molecule is CC(CNC(=O)NC(C)C(C)CO)Oc1ccccc1F. The average molecular weight is 298 g/mol. The van der Waals surface area contributed by atoms with Crippen molar-refractivity contribution in [3.05, 3.63) is 30.1 Å². The first kappa shape index (κ1) is 17.2. The topological polar surface area (TPSA) is 70.6 Å². The number of benzene rings is 1. The second kappa shape index (κ2) is 8.46. The van der Waals surface area contributed by atoms with E-state index in [1.807, 2.05) is 13.8 Å². The summed E-state index contributed by atoms with van der Waals surface area (Å²) in [7, 11) is 0. The van der Waals surface area contributed by atoms with Gasteiger partial charge in [0.2, 0.25) is 0 Å². The Kier molecular flexibility index (Phi) is 6.94. The molecule has 0 saturated carbocycles. The molecule has 0 aliphatic carbocycles. The first-order chi connectivity index (χ1) is 9.93. The van der Waals surface area contributed by atoms with Crippen molar-refractivity contribution in [2.24, 2.45) is 5.92 Å². The van der Waals surface area contributed by atoms with Gasteiger partial charge in [0.25, 0.3) is 0 Å². The van der Waals surface area contributed by atoms with E-state index in [0.717, 1.165) is 0 Å². The molecule has 0 radical (unpaired) electrons. The summed E-state index contributed by atoms with van der Waals surface area (Å²) in [5, 5.41) is 14.4. The van der Waals surface area contributed by atoms with Gasteiger partial charge >= 0.3 is 6.03 Å². The van der Waals surface area contributed by atoms with Crippen molar-refractivity contribution in [2.75, 3.05) is 13.2 Å². The van der Waals surface area contributed by atoms with E-state index < -0.39 is 5.82 Å². The lowest BCUT2D eigenvalue weighted by atomic mass is 10.1. The fraction of sp³-hybridized carbons (Fsp3) is 0.533. The average Bonchev–Trinajstić information content (AvgIpc) is 2.46. The molecule has 0 fully saturated rings. The number of nitrogens with one attached hydrogen (secondary N) is 2. The number of aliphatic hydroxyl groups excluding tert-OH is 1. The maximum Gasteiger partial charge on any atom is 0.315 e. The first-order valence-electron chi connectivity index (χ1n) is 7.00. The molecule has 0 aromatic heterocycles. The van der Waals surface area contributed by atoms with E-state index in [4.69, 9.17) is 9.84 Å². The Hall–Kier alpha value is -1.82. The van der Waals surface area contributed by atoms with Gasteiger partial charge in [0.15, 0.2) is 11.6 Å². The molecule has 0 aliphatic heterocycles. The first-order valence-corrected chi connectivity index (χ1v) is 7.00. The van der Waals surface area contributed by atoms with E-state index in [-0.39, 0.29) is 43.0 Å². The summed E-state index contributed by atoms with van der Waals surface area (Å²) in [6.07, 6.45) is -0.363. The van der Waals surface area contributed by atoms with Crippen LogP contribution in [0.4, 0.5) is 9.18 Å². The molecule has 1 aromatic carbocycles. The number of hydrogen-bond acceptors (Lipinski definition) is 3. The predicted molar refractivity (Wildman–Crippen MR) is 78.7 cm³/mol. The number of rotatable bonds is 7. The van der Waals surface area contributed by atoms with Gasteiger partial charge < -0.3 is 20.5 Å². The summed E-state index contributed by atoms with van der Waals surface area (Å²) in [6, 6.07) is 5.65. The molecular weight excluding hydrogens is 275 g/mol. The van der Waals surface area contributed by atoms with Gasteiger partial charge in [0, 0.05) is 12.6 Å². The van der Waals surface area contributed by atoms with E-state index in [0.29, 0.717) is 0 Å². The lowest BCUT2D eigenvalue weighted by Crippen LogP contribution is -2.46. The number of urea groups is 1. The minimum Gasteiger partial charge on any atom is -0.486 e. The van der Waals surface area contributed by atoms with Crippen molar-refractivity contribution in [3.63, 3.8) is 0 Å². The van der Waals surface area contributed by atoms with Crippen LogP contribution in [0.5, 0.6) is 5.75 Å². The van der Waals surface area contributed by atoms with Crippen molar-refractivity contribution in [1.82, 2.24) is 10.6 Å². The van der Waals surface area contributed by atoms with Crippen LogP contribution in [0, 0.1) is 11.7 Å². The molecule has 6 heteroatoms. The number of amides is 2. The number of carbonyl (C=O) groups excluding carboxylic acids is 1. The van der Waals surface area contributed by atoms with Crippen molar-refractivity contribution in [1.29, 1.82) is 0 Å². The Bertz CT molecular complexity index is 456. The molecule has 0 spiro atoms. The summed E-state index contributed by atoms with van der Waals surface area (Å²) >= 11 is 0. The van der Waals surface area contributed by atoms with Crippen LogP contribution >= 0.6 is 0 Å². The maximum atomic E-state index is 13.4. The lowest BCUT2D eigenvalue weighted by Gasteiger charge is -2.21. The lowest BCUT2D eigenvalue weighted by molar-refractivity contribution is 0.189. The summed E-state index contributed by atoms with van der Waals surface area (Å²) < 4.78 is 18.8. The third-order valence-corrected chi connectivity index (χ3v) is 3.22. The van der Waals surface area contributed by atoms with Gasteiger partial charge in [0.05, 0.1) is 6.54 Å². The third kappa shape index (κ3) is 5.99. The summed E-state index contributed by atoms with van der Waals surface area (Å²) in [6.45, 7) is 5.66. The van der Waals surface area contributed by atoms with Gasteiger partial charge in [-0.15, -0.1) is 0 Å². The number of aliphatic hydroxyl groups is 1. The Morgan fingerprint density at radius 1 is 1.33 bits per heavy atom. The largest absolute Gasteiger partial charge is 0.486 e. The van der Waals surface area contributed by atoms with Crippen LogP contribution in [0.15, 0.2) is 24.3 Å². The Morgan fingerprint density at radius 3 is 2.62 bits per heavy atom. The molecule has 118 valence electrons. The van der Waals surface area contributed by atoms with Crippen LogP contribution in [0.25, 0.3) is 0 Å². The molecule has 1 aromatic rings. The van der Waals surface area contributed by atoms with Crippen LogP contribution < -0.4 is 15.4 Å². The van der Waals surface area contributed by atoms with Gasteiger partial charge in [-0.3, -0.25) is 0 Å². The summed E-state index contributed by atoms with van der Waals surface area (Å²) in [5.74, 6) is -0.295. The number of para-hydroxylation sites is 1. The minimum atomic E-state index is -0.431. The van der Waals surface area contributed by atoms with Crippen LogP contribution in [-0.4, -0.2) is 36.4 Å². The van der Waals surface area contributed by atoms with Gasteiger partial charge in [-0.1, -0.05) is 19.1 Å². The summed E-state index contributed by atoms with van der Waals surface area (Å²) in [5.41, 5.74) is 0. The smallest absolute Gasteiger partial charge is 0.315 e. The van der Waals surface area contributed by atoms with Crippen LogP contribution in [0.1, 0.15) is 20.8 Å². The molecule has 0 heterocycles. The second-order valence-electron chi connectivity index (χ2n) is 5.16. The predicted octanol–water partition coefficient (Wildman–Crippen LogP) is 1.91. The maximum absolute atomic E-state index is 13.4. The van der Waals surface area contributed by atoms with Crippen LogP contribution in [-0.2, 0) is 0 Å². The fourth-order valence-electron chi connectivity index (χ4n) is 1.59. The molecule has 3 N–H and O–H groups in total. The van der Waals surface area contributed by atoms with Crippen LogP contribution in [0.3, 0.4) is 0 Å². The quantitative estimate of drug-likeness (QED) is 0.720. The zero-order chi connectivity index (χ0) is 15.8. The van der Waals surface area contributed by atoms with Gasteiger partial charge in [0.1, 0.15) is 6.10 Å². The van der Waals surface area contributed by atoms with Crippen molar-refractivity contribution in [2.45, 2.75) is 32.9 Å². The molecule has 0 aliphatic rings. The standard InChI is InChI=1S/C15H23FN2O3/c1-10(9-19)12(3)18-15(20)17-8-11(2)21-14-7-5-4-6-13(14)16/h4-7,10-12,19H,8-9H2,1-3H3,(H2,17,18,20). The molecule has 3 atom stereocenters. The number of ether oxygens (including phenoxy) is 1. The normalized spacial score (nSPS) is 14.9. The van der Waals surface area contributed by atoms with Gasteiger partial charge in [-0.2, -0.15) is 0 Å². The van der Waals surface area contributed by atoms with E-state index in [1.54, 1.807) is 19.1 Å². The van der Waals surface area contributed by atoms with Crippen molar-refractivity contribution < 1.29 is 19.0 Å². The Morgan fingerprint density at radius 2 is 2.00 bits per heavy atom. The van der Waals surface area contributed by atoms with Gasteiger partial charge in [-0.05, 0) is 31.9 Å². The Labute approximate surface area is 124 Å². The third-order valence-electron chi connectivity index (χ3n) is 3.22. The highest BCUT2D eigenvalue weighted by Gasteiger charge is 2.14.